The third-order valence-corrected chi connectivity index (χ3v) is 2.60. The molecule has 1 heterocycles. The molecule has 0 bridgehead atoms. The molecule has 2 rings (SSSR count). The van der Waals surface area contributed by atoms with Crippen LogP contribution in [0.4, 0.5) is 5.69 Å². The second kappa shape index (κ2) is 5.95. The van der Waals surface area contributed by atoms with Gasteiger partial charge < -0.3 is 9.84 Å². The number of Topliss-reactive ketones (excluding diaryl/α,β-unsaturated/α-hetero) is 1. The zero-order valence-corrected chi connectivity index (χ0v) is 10.2. The van der Waals surface area contributed by atoms with Crippen LogP contribution in [0.15, 0.2) is 35.1 Å². The van der Waals surface area contributed by atoms with Gasteiger partial charge in [-0.2, -0.15) is 4.98 Å². The summed E-state index contributed by atoms with van der Waals surface area (Å²) in [6, 6.07) is 7.47. The van der Waals surface area contributed by atoms with Crippen molar-refractivity contribution in [3.8, 4) is 0 Å². The van der Waals surface area contributed by atoms with E-state index >= 15 is 0 Å². The molecule has 2 aromatic rings. The van der Waals surface area contributed by atoms with Crippen LogP contribution < -0.4 is 5.32 Å². The Balaban J connectivity index is 1.85. The van der Waals surface area contributed by atoms with E-state index < -0.39 is 0 Å². The minimum atomic E-state index is 0.160. The van der Waals surface area contributed by atoms with Gasteiger partial charge in [0.15, 0.2) is 12.1 Å². The molecular formula is C13H15N3O2. The van der Waals surface area contributed by atoms with Crippen molar-refractivity contribution in [3.63, 3.8) is 0 Å². The van der Waals surface area contributed by atoms with Crippen LogP contribution in [0, 0.1) is 0 Å². The van der Waals surface area contributed by atoms with Crippen molar-refractivity contribution in [3.05, 3.63) is 42.0 Å². The molecule has 0 fully saturated rings. The highest BCUT2D eigenvalue weighted by Gasteiger charge is 2.02. The van der Waals surface area contributed by atoms with E-state index in [1.165, 1.54) is 6.33 Å². The normalized spacial score (nSPS) is 10.3. The van der Waals surface area contributed by atoms with Crippen LogP contribution in [0.3, 0.4) is 0 Å². The average molecular weight is 245 g/mol. The third-order valence-electron chi connectivity index (χ3n) is 2.60. The predicted octanol–water partition coefficient (Wildman–Crippen LogP) is 2.32. The lowest BCUT2D eigenvalue weighted by molar-refractivity contribution is 0.0988. The fourth-order valence-corrected chi connectivity index (χ4v) is 1.60. The summed E-state index contributed by atoms with van der Waals surface area (Å²) in [7, 11) is 0. The summed E-state index contributed by atoms with van der Waals surface area (Å²) >= 11 is 0. The first-order valence-corrected chi connectivity index (χ1v) is 5.92. The number of hydrogen-bond donors (Lipinski definition) is 1. The SMILES string of the molecule is CCC(=O)c1ccc(NCCc2ncno2)cc1. The van der Waals surface area contributed by atoms with E-state index in [-0.39, 0.29) is 5.78 Å². The fraction of sp³-hybridized carbons (Fsp3) is 0.308. The molecule has 0 saturated heterocycles. The first-order valence-electron chi connectivity index (χ1n) is 5.92. The van der Waals surface area contributed by atoms with Gasteiger partial charge in [-0.25, -0.2) is 0 Å². The number of aromatic nitrogens is 2. The molecule has 0 aliphatic carbocycles. The van der Waals surface area contributed by atoms with E-state index in [0.717, 1.165) is 11.3 Å². The quantitative estimate of drug-likeness (QED) is 0.791. The van der Waals surface area contributed by atoms with E-state index in [9.17, 15) is 4.79 Å². The maximum absolute atomic E-state index is 11.4. The van der Waals surface area contributed by atoms with Gasteiger partial charge in [-0.3, -0.25) is 4.79 Å². The van der Waals surface area contributed by atoms with Gasteiger partial charge in [0.2, 0.25) is 5.89 Å². The largest absolute Gasteiger partial charge is 0.385 e. The highest BCUT2D eigenvalue weighted by atomic mass is 16.5. The topological polar surface area (TPSA) is 68.0 Å². The number of ketones is 1. The Kier molecular flexibility index (Phi) is 4.06. The van der Waals surface area contributed by atoms with Crippen molar-refractivity contribution >= 4 is 11.5 Å². The number of carbonyl (C=O) groups excluding carboxylic acids is 1. The monoisotopic (exact) mass is 245 g/mol. The van der Waals surface area contributed by atoms with Gasteiger partial charge in [-0.1, -0.05) is 12.1 Å². The summed E-state index contributed by atoms with van der Waals surface area (Å²) in [6.45, 7) is 2.57. The van der Waals surface area contributed by atoms with Crippen LogP contribution in [0.1, 0.15) is 29.6 Å². The maximum Gasteiger partial charge on any atom is 0.228 e. The van der Waals surface area contributed by atoms with Crippen LogP contribution in [-0.4, -0.2) is 22.5 Å². The lowest BCUT2D eigenvalue weighted by Crippen LogP contribution is -2.05. The Morgan fingerprint density at radius 2 is 2.11 bits per heavy atom. The van der Waals surface area contributed by atoms with Gasteiger partial charge in [0, 0.05) is 30.6 Å². The molecule has 0 aliphatic rings. The molecule has 18 heavy (non-hydrogen) atoms. The van der Waals surface area contributed by atoms with Crippen molar-refractivity contribution in [1.82, 2.24) is 10.1 Å². The van der Waals surface area contributed by atoms with Gasteiger partial charge in [0.05, 0.1) is 0 Å². The third kappa shape index (κ3) is 3.16. The summed E-state index contributed by atoms with van der Waals surface area (Å²) in [4.78, 5) is 15.4. The number of hydrogen-bond acceptors (Lipinski definition) is 5. The summed E-state index contributed by atoms with van der Waals surface area (Å²) in [5.41, 5.74) is 1.72. The Morgan fingerprint density at radius 1 is 1.33 bits per heavy atom. The molecule has 5 heteroatoms. The second-order valence-electron chi connectivity index (χ2n) is 3.87. The summed E-state index contributed by atoms with van der Waals surface area (Å²) in [6.07, 6.45) is 2.60. The zero-order chi connectivity index (χ0) is 12.8. The summed E-state index contributed by atoms with van der Waals surface area (Å²) in [5.74, 6) is 0.771. The zero-order valence-electron chi connectivity index (χ0n) is 10.2. The van der Waals surface area contributed by atoms with Crippen molar-refractivity contribution in [1.29, 1.82) is 0 Å². The minimum absolute atomic E-state index is 0.160. The number of nitrogens with one attached hydrogen (secondary N) is 1. The van der Waals surface area contributed by atoms with E-state index in [4.69, 9.17) is 4.52 Å². The molecule has 0 radical (unpaired) electrons. The molecule has 94 valence electrons. The van der Waals surface area contributed by atoms with E-state index in [1.807, 2.05) is 31.2 Å². The maximum atomic E-state index is 11.4. The Morgan fingerprint density at radius 3 is 2.72 bits per heavy atom. The molecule has 0 spiro atoms. The number of carbonyl (C=O) groups is 1. The van der Waals surface area contributed by atoms with Gasteiger partial charge in [0.25, 0.3) is 0 Å². The van der Waals surface area contributed by atoms with Crippen molar-refractivity contribution in [2.75, 3.05) is 11.9 Å². The van der Waals surface area contributed by atoms with Crippen molar-refractivity contribution in [2.45, 2.75) is 19.8 Å². The number of rotatable bonds is 6. The van der Waals surface area contributed by atoms with Crippen LogP contribution >= 0.6 is 0 Å². The number of nitrogens with zero attached hydrogens (tertiary/aromatic N) is 2. The first-order chi connectivity index (χ1) is 8.79. The minimum Gasteiger partial charge on any atom is -0.385 e. The molecule has 1 N–H and O–H groups in total. The van der Waals surface area contributed by atoms with E-state index in [0.29, 0.717) is 25.3 Å². The highest BCUT2D eigenvalue weighted by molar-refractivity contribution is 5.96. The highest BCUT2D eigenvalue weighted by Crippen LogP contribution is 2.11. The number of anilines is 1. The Hall–Kier alpha value is -2.17. The lowest BCUT2D eigenvalue weighted by atomic mass is 10.1. The van der Waals surface area contributed by atoms with Crippen LogP contribution in [0.25, 0.3) is 0 Å². The van der Waals surface area contributed by atoms with Crippen molar-refractivity contribution < 1.29 is 9.32 Å². The smallest absolute Gasteiger partial charge is 0.228 e. The fourth-order valence-electron chi connectivity index (χ4n) is 1.60. The van der Waals surface area contributed by atoms with Gasteiger partial charge >= 0.3 is 0 Å². The van der Waals surface area contributed by atoms with Gasteiger partial charge in [-0.05, 0) is 24.3 Å². The van der Waals surface area contributed by atoms with Crippen LogP contribution in [0.5, 0.6) is 0 Å². The molecule has 0 unspecified atom stereocenters. The van der Waals surface area contributed by atoms with Crippen molar-refractivity contribution in [2.24, 2.45) is 0 Å². The van der Waals surface area contributed by atoms with Gasteiger partial charge in [-0.15, -0.1) is 0 Å². The van der Waals surface area contributed by atoms with Crippen LogP contribution in [-0.2, 0) is 6.42 Å². The average Bonchev–Trinajstić information content (AvgIpc) is 2.92. The molecular weight excluding hydrogens is 230 g/mol. The molecule has 0 aliphatic heterocycles. The molecule has 0 amide bonds. The number of benzene rings is 1. The molecule has 1 aromatic carbocycles. The van der Waals surface area contributed by atoms with E-state index in [1.54, 1.807) is 0 Å². The van der Waals surface area contributed by atoms with E-state index in [2.05, 4.69) is 15.5 Å². The Bertz CT molecular complexity index is 491. The lowest BCUT2D eigenvalue weighted by Gasteiger charge is -2.05. The molecule has 1 aromatic heterocycles. The summed E-state index contributed by atoms with van der Waals surface area (Å²) < 4.78 is 4.89. The Labute approximate surface area is 105 Å². The summed E-state index contributed by atoms with van der Waals surface area (Å²) in [5, 5.41) is 6.76. The molecule has 0 atom stereocenters. The van der Waals surface area contributed by atoms with Gasteiger partial charge in [0.1, 0.15) is 0 Å². The predicted molar refractivity (Wildman–Crippen MR) is 67.6 cm³/mol. The standard InChI is InChI=1S/C13H15N3O2/c1-2-12(17)10-3-5-11(6-4-10)14-8-7-13-15-9-16-18-13/h3-6,9,14H,2,7-8H2,1H3. The second-order valence-corrected chi connectivity index (χ2v) is 3.87. The molecule has 5 nitrogen and oxygen atoms in total. The van der Waals surface area contributed by atoms with Crippen LogP contribution in [0.2, 0.25) is 0 Å². The molecule has 0 saturated carbocycles. The first kappa shape index (κ1) is 12.3.